The van der Waals surface area contributed by atoms with Crippen molar-refractivity contribution in [1.29, 1.82) is 0 Å². The summed E-state index contributed by atoms with van der Waals surface area (Å²) in [5, 5.41) is 16.0. The second-order valence-electron chi connectivity index (χ2n) is 13.5. The number of hydrogen-bond acceptors (Lipinski definition) is 10. The highest BCUT2D eigenvalue weighted by molar-refractivity contribution is 5.97. The first-order valence-electron chi connectivity index (χ1n) is 17.4. The van der Waals surface area contributed by atoms with Gasteiger partial charge in [-0.15, -0.1) is 0 Å². The molecule has 3 N–H and O–H groups in total. The molecule has 0 unspecified atom stereocenters. The third kappa shape index (κ3) is 7.48. The summed E-state index contributed by atoms with van der Waals surface area (Å²) in [5.41, 5.74) is -1.17. The zero-order valence-corrected chi connectivity index (χ0v) is 28.4. The van der Waals surface area contributed by atoms with Gasteiger partial charge in [0.25, 0.3) is 0 Å². The molecule has 0 radical (unpaired) electrons. The van der Waals surface area contributed by atoms with Gasteiger partial charge in [-0.3, -0.25) is 9.59 Å². The van der Waals surface area contributed by atoms with Gasteiger partial charge in [-0.1, -0.05) is 25.0 Å². The molecule has 14 nitrogen and oxygen atoms in total. The summed E-state index contributed by atoms with van der Waals surface area (Å²) in [7, 11) is 2.76. The summed E-state index contributed by atoms with van der Waals surface area (Å²) >= 11 is 0. The van der Waals surface area contributed by atoms with Gasteiger partial charge < -0.3 is 39.6 Å². The van der Waals surface area contributed by atoms with Crippen LogP contribution in [0.1, 0.15) is 81.1 Å². The van der Waals surface area contributed by atoms with E-state index in [0.717, 1.165) is 44.9 Å². The van der Waals surface area contributed by atoms with Gasteiger partial charge in [0.1, 0.15) is 41.3 Å². The molecule has 4 aliphatic rings. The molecule has 3 fully saturated rings. The summed E-state index contributed by atoms with van der Waals surface area (Å²) in [4.78, 5) is 72.1. The van der Waals surface area contributed by atoms with Crippen molar-refractivity contribution in [2.45, 2.75) is 100 Å². The van der Waals surface area contributed by atoms with E-state index >= 15 is 0 Å². The fourth-order valence-electron chi connectivity index (χ4n) is 7.34. The number of fused-ring (bicyclic) bond motifs is 3. The number of aromatic nitrogens is 1. The van der Waals surface area contributed by atoms with E-state index in [1.807, 2.05) is 12.2 Å². The van der Waals surface area contributed by atoms with Crippen molar-refractivity contribution in [3.8, 4) is 11.5 Å². The third-order valence-electron chi connectivity index (χ3n) is 10.1. The number of alkyl carbamates (subject to hydrolysis) is 1. The van der Waals surface area contributed by atoms with E-state index in [1.54, 1.807) is 18.2 Å². The summed E-state index contributed by atoms with van der Waals surface area (Å²) in [6.45, 7) is -0.0380. The minimum atomic E-state index is -1.26. The van der Waals surface area contributed by atoms with Gasteiger partial charge in [-0.25, -0.2) is 19.4 Å². The van der Waals surface area contributed by atoms with Crippen LogP contribution < -0.4 is 20.1 Å². The number of nitrogens with zero attached hydrogens (tertiary/aromatic N) is 2. The molecule has 50 heavy (non-hydrogen) atoms. The van der Waals surface area contributed by atoms with Gasteiger partial charge in [0.05, 0.1) is 26.3 Å². The van der Waals surface area contributed by atoms with Crippen molar-refractivity contribution in [3.05, 3.63) is 42.1 Å². The average Bonchev–Trinajstić information content (AvgIpc) is 3.38. The van der Waals surface area contributed by atoms with Gasteiger partial charge in [0.2, 0.25) is 11.8 Å². The summed E-state index contributed by atoms with van der Waals surface area (Å²) < 4.78 is 22.4. The van der Waals surface area contributed by atoms with E-state index in [9.17, 15) is 29.1 Å². The van der Waals surface area contributed by atoms with Crippen LogP contribution in [0.15, 0.2) is 36.4 Å². The number of carbonyl (C=O) groups excluding carboxylic acids is 4. The van der Waals surface area contributed by atoms with E-state index in [-0.39, 0.29) is 36.4 Å². The molecular weight excluding hydrogens is 648 g/mol. The molecule has 2 aliphatic carbocycles. The van der Waals surface area contributed by atoms with Crippen molar-refractivity contribution in [2.24, 2.45) is 5.92 Å². The van der Waals surface area contributed by atoms with Crippen LogP contribution in [0.5, 0.6) is 11.5 Å². The minimum Gasteiger partial charge on any atom is -0.497 e. The average molecular weight is 693 g/mol. The number of allylic oxidation sites excluding steroid dienone is 1. The first kappa shape index (κ1) is 35.0. The lowest BCUT2D eigenvalue weighted by Crippen LogP contribution is -2.56. The summed E-state index contributed by atoms with van der Waals surface area (Å²) in [6.07, 6.45) is 9.63. The zero-order chi connectivity index (χ0) is 35.4. The molecule has 1 saturated heterocycles. The predicted molar refractivity (Wildman–Crippen MR) is 179 cm³/mol. The fourth-order valence-corrected chi connectivity index (χ4v) is 7.34. The van der Waals surface area contributed by atoms with Crippen LogP contribution in [0.2, 0.25) is 0 Å². The largest absolute Gasteiger partial charge is 0.497 e. The number of hydrogen-bond donors (Lipinski definition) is 3. The Kier molecular flexibility index (Phi) is 10.4. The molecule has 2 aliphatic heterocycles. The first-order valence-corrected chi connectivity index (χ1v) is 17.4. The number of carboxylic acids is 1. The highest BCUT2D eigenvalue weighted by Gasteiger charge is 2.62. The Morgan fingerprint density at radius 2 is 1.80 bits per heavy atom. The minimum absolute atomic E-state index is 0.0380. The molecule has 6 rings (SSSR count). The van der Waals surface area contributed by atoms with Crippen LogP contribution in [-0.4, -0.2) is 95.4 Å². The first-order chi connectivity index (χ1) is 24.1. The number of rotatable bonds is 7. The van der Waals surface area contributed by atoms with Gasteiger partial charge >= 0.3 is 18.0 Å². The quantitative estimate of drug-likeness (QED) is 0.283. The summed E-state index contributed by atoms with van der Waals surface area (Å²) in [5.74, 6) is -2.41. The van der Waals surface area contributed by atoms with E-state index in [2.05, 4.69) is 15.6 Å². The van der Waals surface area contributed by atoms with Crippen LogP contribution in [0.3, 0.4) is 0 Å². The Morgan fingerprint density at radius 1 is 1.02 bits per heavy atom. The molecular formula is C36H44N4O10. The Bertz CT molecular complexity index is 1670. The number of carboxylic acid groups (broad SMARTS) is 1. The maximum Gasteiger partial charge on any atom is 0.408 e. The van der Waals surface area contributed by atoms with Crippen molar-refractivity contribution < 1.29 is 48.0 Å². The molecule has 2 saturated carbocycles. The monoisotopic (exact) mass is 692 g/mol. The molecule has 3 heterocycles. The smallest absolute Gasteiger partial charge is 0.408 e. The number of ether oxygens (including phenoxy) is 4. The molecule has 1 aromatic carbocycles. The Hall–Kier alpha value is -4.88. The molecule has 14 heteroatoms. The van der Waals surface area contributed by atoms with Crippen molar-refractivity contribution in [1.82, 2.24) is 20.5 Å². The highest BCUT2D eigenvalue weighted by atomic mass is 16.6. The van der Waals surface area contributed by atoms with E-state index in [0.29, 0.717) is 35.9 Å². The van der Waals surface area contributed by atoms with Crippen LogP contribution in [0, 0.1) is 5.92 Å². The Labute approximate surface area is 289 Å². The molecule has 0 bridgehead atoms. The number of aromatic carboxylic acids is 1. The zero-order valence-electron chi connectivity index (χ0n) is 28.4. The molecule has 0 spiro atoms. The van der Waals surface area contributed by atoms with E-state index in [1.165, 1.54) is 25.2 Å². The maximum atomic E-state index is 14.4. The standard InChI is InChI=1S/C36H44N4O10/c1-47-23-14-15-25-27(16-23)37-28(33(43)44)18-30(25)49-24-17-29-31(41)39-36(34(45)48-2)19-21(36)10-6-4-3-5-7-13-26(32(42)40(29)20-24)38-35(46)50-22-11-8-9-12-22/h6,10,14-16,18,21-22,24,26,29H,3-5,7-9,11-13,17,19-20H2,1-2H3,(H,38,46)(H,39,41)(H,43,44)/b10-6-/t21-,24-,26+,29+,36-/m1/s1. The normalized spacial score (nSPS) is 27.9. The van der Waals surface area contributed by atoms with E-state index in [4.69, 9.17) is 18.9 Å². The highest BCUT2D eigenvalue weighted by Crippen LogP contribution is 2.46. The van der Waals surface area contributed by atoms with Crippen LogP contribution in [0.25, 0.3) is 10.9 Å². The van der Waals surface area contributed by atoms with Gasteiger partial charge in [0.15, 0.2) is 5.69 Å². The van der Waals surface area contributed by atoms with Gasteiger partial charge in [0, 0.05) is 29.9 Å². The Morgan fingerprint density at radius 3 is 2.54 bits per heavy atom. The van der Waals surface area contributed by atoms with Crippen molar-refractivity contribution in [2.75, 3.05) is 20.8 Å². The lowest BCUT2D eigenvalue weighted by molar-refractivity contribution is -0.148. The molecule has 5 atom stereocenters. The number of carbonyl (C=O) groups is 5. The molecule has 268 valence electrons. The van der Waals surface area contributed by atoms with Gasteiger partial charge in [-0.2, -0.15) is 0 Å². The predicted octanol–water partition coefficient (Wildman–Crippen LogP) is 3.90. The lowest BCUT2D eigenvalue weighted by Gasteiger charge is -2.29. The molecule has 1 aromatic heterocycles. The number of amides is 3. The maximum absolute atomic E-state index is 14.4. The number of benzene rings is 1. The van der Waals surface area contributed by atoms with E-state index < -0.39 is 53.6 Å². The van der Waals surface area contributed by atoms with Crippen molar-refractivity contribution >= 4 is 40.7 Å². The van der Waals surface area contributed by atoms with Gasteiger partial charge in [-0.05, 0) is 63.5 Å². The second-order valence-corrected chi connectivity index (χ2v) is 13.5. The van der Waals surface area contributed by atoms with Crippen molar-refractivity contribution in [3.63, 3.8) is 0 Å². The van der Waals surface area contributed by atoms with Crippen LogP contribution in [0.4, 0.5) is 4.79 Å². The molecule has 3 amide bonds. The third-order valence-corrected chi connectivity index (χ3v) is 10.1. The van der Waals surface area contributed by atoms with Crippen LogP contribution in [-0.2, 0) is 23.9 Å². The number of methoxy groups -OCH3 is 2. The fraction of sp³-hybridized carbons (Fsp3) is 0.556. The topological polar surface area (TPSA) is 183 Å². The number of nitrogens with one attached hydrogen (secondary N) is 2. The van der Waals surface area contributed by atoms with Crippen LogP contribution >= 0.6 is 0 Å². The second kappa shape index (κ2) is 14.9. The number of esters is 1. The lowest BCUT2D eigenvalue weighted by atomic mass is 10.0. The number of pyridine rings is 1. The Balaban J connectivity index is 1.31. The SMILES string of the molecule is COC(=O)[C@@]12C[C@H]1/C=C\CCCCC[C@H](NC(=O)OC1CCCC1)C(=O)N1C[C@H](Oc3cc(C(=O)O)nc4cc(OC)ccc34)C[C@H]1C(=O)N2. The summed E-state index contributed by atoms with van der Waals surface area (Å²) in [6, 6.07) is 4.27. The molecule has 2 aromatic rings.